The van der Waals surface area contributed by atoms with E-state index in [2.05, 4.69) is 170 Å². The van der Waals surface area contributed by atoms with Gasteiger partial charge >= 0.3 is 0 Å². The van der Waals surface area contributed by atoms with Gasteiger partial charge in [0.15, 0.2) is 5.82 Å². The van der Waals surface area contributed by atoms with E-state index in [1.54, 1.807) is 0 Å². The number of hydrogen-bond donors (Lipinski definition) is 0. The summed E-state index contributed by atoms with van der Waals surface area (Å²) in [5.74, 6) is 0.725. The van der Waals surface area contributed by atoms with Gasteiger partial charge in [-0.05, 0) is 62.2 Å². The summed E-state index contributed by atoms with van der Waals surface area (Å²) in [6.45, 7) is 0. The van der Waals surface area contributed by atoms with Crippen molar-refractivity contribution in [2.75, 3.05) is 0 Å². The fourth-order valence-electron chi connectivity index (χ4n) is 9.53. The summed E-state index contributed by atoms with van der Waals surface area (Å²) in [5, 5.41) is 3.28. The molecule has 2 aliphatic rings. The Morgan fingerprint density at radius 3 is 1.69 bits per heavy atom. The molecule has 0 saturated heterocycles. The SMILES string of the molecule is c1ccc2c(c1)-c1ccccc1C21c2ccccc2-c2c(-c3nc(-c4ccc(-c5cccc6c5oc5ccccc56)cc4)c4ccccc4n3)cccc21. The second-order valence-corrected chi connectivity index (χ2v) is 14.4. The van der Waals surface area contributed by atoms with Gasteiger partial charge in [0.1, 0.15) is 11.2 Å². The van der Waals surface area contributed by atoms with E-state index in [-0.39, 0.29) is 0 Å². The Labute approximate surface area is 311 Å². The van der Waals surface area contributed by atoms with Crippen LogP contribution in [0.4, 0.5) is 0 Å². The number of para-hydroxylation sites is 3. The molecule has 0 saturated carbocycles. The molecule has 0 atom stereocenters. The van der Waals surface area contributed by atoms with Crippen LogP contribution in [0.2, 0.25) is 0 Å². The topological polar surface area (TPSA) is 38.9 Å². The molecule has 8 aromatic carbocycles. The Kier molecular flexibility index (Phi) is 5.98. The minimum Gasteiger partial charge on any atom is -0.455 e. The minimum atomic E-state index is -0.423. The molecule has 54 heavy (non-hydrogen) atoms. The number of aromatic nitrogens is 2. The highest BCUT2D eigenvalue weighted by Gasteiger charge is 2.52. The second kappa shape index (κ2) is 11.0. The lowest BCUT2D eigenvalue weighted by Crippen LogP contribution is -2.25. The van der Waals surface area contributed by atoms with Crippen molar-refractivity contribution in [2.45, 2.75) is 5.41 Å². The van der Waals surface area contributed by atoms with Crippen molar-refractivity contribution < 1.29 is 4.42 Å². The van der Waals surface area contributed by atoms with E-state index < -0.39 is 5.41 Å². The standard InChI is InChI=1S/C51H30N2O/c1-6-21-41-34(13-1)35-14-2-7-22-42(35)51(41)43-23-8-3-16-38(43)47-40(20-12-24-44(47)51)50-52-45-25-9-4-17-39(45)48(53-50)32-29-27-31(28-30-32)33-18-11-19-37-36-15-5-10-26-46(36)54-49(33)37/h1-30H. The predicted molar refractivity (Wildman–Crippen MR) is 219 cm³/mol. The molecule has 1 spiro atoms. The van der Waals surface area contributed by atoms with Gasteiger partial charge in [-0.1, -0.05) is 170 Å². The Balaban J connectivity index is 1.05. The van der Waals surface area contributed by atoms with Crippen molar-refractivity contribution in [3.8, 4) is 56.0 Å². The van der Waals surface area contributed by atoms with Crippen molar-refractivity contribution in [3.63, 3.8) is 0 Å². The van der Waals surface area contributed by atoms with Gasteiger partial charge in [-0.25, -0.2) is 9.97 Å². The van der Waals surface area contributed by atoms with E-state index in [1.165, 1.54) is 44.5 Å². The lowest BCUT2D eigenvalue weighted by atomic mass is 9.70. The van der Waals surface area contributed by atoms with Crippen molar-refractivity contribution >= 4 is 32.8 Å². The maximum atomic E-state index is 6.39. The summed E-state index contributed by atoms with van der Waals surface area (Å²) in [4.78, 5) is 10.7. The first-order chi connectivity index (χ1) is 26.8. The molecule has 0 radical (unpaired) electrons. The predicted octanol–water partition coefficient (Wildman–Crippen LogP) is 12.9. The maximum absolute atomic E-state index is 6.39. The van der Waals surface area contributed by atoms with Gasteiger partial charge in [0.25, 0.3) is 0 Å². The molecule has 2 aliphatic carbocycles. The lowest BCUT2D eigenvalue weighted by molar-refractivity contribution is 0.670. The molecule has 0 N–H and O–H groups in total. The summed E-state index contributed by atoms with van der Waals surface area (Å²) < 4.78 is 6.39. The van der Waals surface area contributed by atoms with Crippen LogP contribution in [0.25, 0.3) is 88.9 Å². The molecule has 3 heteroatoms. The van der Waals surface area contributed by atoms with Crippen molar-refractivity contribution in [2.24, 2.45) is 0 Å². The van der Waals surface area contributed by atoms with Crippen molar-refractivity contribution in [3.05, 3.63) is 204 Å². The molecule has 2 heterocycles. The Bertz CT molecular complexity index is 3130. The van der Waals surface area contributed by atoms with Crippen LogP contribution >= 0.6 is 0 Å². The van der Waals surface area contributed by atoms with E-state index in [4.69, 9.17) is 14.4 Å². The summed E-state index contributed by atoms with van der Waals surface area (Å²) in [7, 11) is 0. The molecule has 0 fully saturated rings. The third kappa shape index (κ3) is 3.85. The fourth-order valence-corrected chi connectivity index (χ4v) is 9.53. The number of rotatable bonds is 3. The molecule has 0 bridgehead atoms. The number of furan rings is 1. The van der Waals surface area contributed by atoms with Gasteiger partial charge in [0.2, 0.25) is 0 Å². The van der Waals surface area contributed by atoms with E-state index in [0.29, 0.717) is 0 Å². The molecule has 250 valence electrons. The van der Waals surface area contributed by atoms with Gasteiger partial charge in [0, 0.05) is 32.8 Å². The van der Waals surface area contributed by atoms with Crippen LogP contribution in [-0.2, 0) is 5.41 Å². The first-order valence-electron chi connectivity index (χ1n) is 18.5. The minimum absolute atomic E-state index is 0.423. The molecule has 0 unspecified atom stereocenters. The van der Waals surface area contributed by atoms with Crippen LogP contribution in [-0.4, -0.2) is 9.97 Å². The van der Waals surface area contributed by atoms with Crippen LogP contribution in [0.5, 0.6) is 0 Å². The number of nitrogens with zero attached hydrogens (tertiary/aromatic N) is 2. The third-order valence-corrected chi connectivity index (χ3v) is 11.7. The Hall–Kier alpha value is -7.10. The van der Waals surface area contributed by atoms with Gasteiger partial charge in [0.05, 0.1) is 16.6 Å². The third-order valence-electron chi connectivity index (χ3n) is 11.7. The van der Waals surface area contributed by atoms with Crippen molar-refractivity contribution in [1.29, 1.82) is 0 Å². The maximum Gasteiger partial charge on any atom is 0.161 e. The zero-order valence-electron chi connectivity index (χ0n) is 29.1. The van der Waals surface area contributed by atoms with Crippen LogP contribution in [0, 0.1) is 0 Å². The number of fused-ring (bicyclic) bond motifs is 14. The Morgan fingerprint density at radius 2 is 0.907 bits per heavy atom. The molecule has 3 nitrogen and oxygen atoms in total. The molecular weight excluding hydrogens is 657 g/mol. The largest absolute Gasteiger partial charge is 0.455 e. The van der Waals surface area contributed by atoms with Gasteiger partial charge < -0.3 is 4.42 Å². The van der Waals surface area contributed by atoms with Gasteiger partial charge in [-0.2, -0.15) is 0 Å². The normalized spacial score (nSPS) is 13.3. The highest BCUT2D eigenvalue weighted by molar-refractivity contribution is 6.09. The number of benzene rings is 8. The molecule has 10 aromatic rings. The molecule has 0 amide bonds. The average Bonchev–Trinajstić information content (AvgIpc) is 3.88. The zero-order valence-corrected chi connectivity index (χ0v) is 29.1. The molecular formula is C51H30N2O. The summed E-state index contributed by atoms with van der Waals surface area (Å²) >= 11 is 0. The van der Waals surface area contributed by atoms with Gasteiger partial charge in [-0.3, -0.25) is 0 Å². The lowest BCUT2D eigenvalue weighted by Gasteiger charge is -2.30. The molecule has 12 rings (SSSR count). The summed E-state index contributed by atoms with van der Waals surface area (Å²) in [6, 6.07) is 65.2. The highest BCUT2D eigenvalue weighted by atomic mass is 16.3. The van der Waals surface area contributed by atoms with E-state index >= 15 is 0 Å². The average molecular weight is 687 g/mol. The van der Waals surface area contributed by atoms with Gasteiger partial charge in [-0.15, -0.1) is 0 Å². The first-order valence-corrected chi connectivity index (χ1v) is 18.5. The second-order valence-electron chi connectivity index (χ2n) is 14.4. The molecule has 2 aromatic heterocycles. The summed E-state index contributed by atoms with van der Waals surface area (Å²) in [5.41, 5.74) is 17.7. The van der Waals surface area contributed by atoms with Crippen LogP contribution in [0.3, 0.4) is 0 Å². The Morgan fingerprint density at radius 1 is 0.370 bits per heavy atom. The zero-order chi connectivity index (χ0) is 35.4. The smallest absolute Gasteiger partial charge is 0.161 e. The summed E-state index contributed by atoms with van der Waals surface area (Å²) in [6.07, 6.45) is 0. The van der Waals surface area contributed by atoms with Crippen LogP contribution < -0.4 is 0 Å². The molecule has 0 aliphatic heterocycles. The van der Waals surface area contributed by atoms with E-state index in [1.807, 2.05) is 12.1 Å². The van der Waals surface area contributed by atoms with E-state index in [0.717, 1.165) is 66.6 Å². The fraction of sp³-hybridized carbons (Fsp3) is 0.0196. The monoisotopic (exact) mass is 686 g/mol. The highest BCUT2D eigenvalue weighted by Crippen LogP contribution is 2.63. The first kappa shape index (κ1) is 29.5. The quantitative estimate of drug-likeness (QED) is 0.186. The van der Waals surface area contributed by atoms with Crippen molar-refractivity contribution in [1.82, 2.24) is 9.97 Å². The van der Waals surface area contributed by atoms with Crippen LogP contribution in [0.1, 0.15) is 22.3 Å². The van der Waals surface area contributed by atoms with E-state index in [9.17, 15) is 0 Å². The number of hydrogen-bond acceptors (Lipinski definition) is 3. The van der Waals surface area contributed by atoms with Crippen LogP contribution in [0.15, 0.2) is 186 Å².